The molecular weight excluding hydrogens is 226 g/mol. The number of rotatable bonds is 6. The van der Waals surface area contributed by atoms with E-state index in [0.29, 0.717) is 17.5 Å². The van der Waals surface area contributed by atoms with Gasteiger partial charge in [-0.15, -0.1) is 0 Å². The summed E-state index contributed by atoms with van der Waals surface area (Å²) in [7, 11) is 0. The standard InChI is InChI=1S/C15H31NS/c1-12(2)7-6-8-13(3)16-14-11-17-10-9-15(14,4)5/h12-14,16H,6-11H2,1-5H3. The minimum atomic E-state index is 0.484. The fraction of sp³-hybridized carbons (Fsp3) is 1.00. The van der Waals surface area contributed by atoms with Gasteiger partial charge in [-0.25, -0.2) is 0 Å². The molecule has 0 aromatic rings. The molecule has 2 heteroatoms. The maximum absolute atomic E-state index is 3.86. The summed E-state index contributed by atoms with van der Waals surface area (Å²) in [5.74, 6) is 3.48. The first-order chi connectivity index (χ1) is 7.92. The molecule has 1 aliphatic rings. The van der Waals surface area contributed by atoms with E-state index in [4.69, 9.17) is 0 Å². The van der Waals surface area contributed by atoms with Crippen LogP contribution in [0.5, 0.6) is 0 Å². The highest BCUT2D eigenvalue weighted by atomic mass is 32.2. The quantitative estimate of drug-likeness (QED) is 0.760. The zero-order chi connectivity index (χ0) is 12.9. The SMILES string of the molecule is CC(C)CCCC(C)NC1CSCCC1(C)C. The molecule has 1 aliphatic heterocycles. The molecule has 2 atom stereocenters. The van der Waals surface area contributed by atoms with Crippen molar-refractivity contribution in [2.45, 2.75) is 72.4 Å². The van der Waals surface area contributed by atoms with Crippen molar-refractivity contribution in [3.63, 3.8) is 0 Å². The van der Waals surface area contributed by atoms with E-state index >= 15 is 0 Å². The minimum absolute atomic E-state index is 0.484. The molecule has 102 valence electrons. The zero-order valence-electron chi connectivity index (χ0n) is 12.4. The van der Waals surface area contributed by atoms with Gasteiger partial charge in [0.2, 0.25) is 0 Å². The van der Waals surface area contributed by atoms with Crippen LogP contribution >= 0.6 is 11.8 Å². The van der Waals surface area contributed by atoms with Gasteiger partial charge in [0.05, 0.1) is 0 Å². The fourth-order valence-electron chi connectivity index (χ4n) is 2.47. The number of hydrogen-bond donors (Lipinski definition) is 1. The van der Waals surface area contributed by atoms with Crippen molar-refractivity contribution >= 4 is 11.8 Å². The van der Waals surface area contributed by atoms with Crippen molar-refractivity contribution in [3.8, 4) is 0 Å². The van der Waals surface area contributed by atoms with E-state index in [1.54, 1.807) is 0 Å². The Morgan fingerprint density at radius 1 is 1.24 bits per heavy atom. The van der Waals surface area contributed by atoms with E-state index in [1.807, 2.05) is 0 Å². The van der Waals surface area contributed by atoms with Crippen LogP contribution in [-0.2, 0) is 0 Å². The molecule has 0 spiro atoms. The number of hydrogen-bond acceptors (Lipinski definition) is 2. The van der Waals surface area contributed by atoms with Crippen LogP contribution < -0.4 is 5.32 Å². The third-order valence-electron chi connectivity index (χ3n) is 4.02. The van der Waals surface area contributed by atoms with Crippen molar-refractivity contribution in [2.24, 2.45) is 11.3 Å². The molecule has 0 bridgehead atoms. The first-order valence-electron chi connectivity index (χ1n) is 7.25. The third kappa shape index (κ3) is 5.65. The summed E-state index contributed by atoms with van der Waals surface area (Å²) < 4.78 is 0. The van der Waals surface area contributed by atoms with E-state index < -0.39 is 0 Å². The van der Waals surface area contributed by atoms with Crippen LogP contribution in [0.2, 0.25) is 0 Å². The second-order valence-electron chi connectivity index (χ2n) is 6.76. The summed E-state index contributed by atoms with van der Waals surface area (Å²) in [5.41, 5.74) is 0.484. The van der Waals surface area contributed by atoms with Crippen LogP contribution in [0.1, 0.15) is 60.3 Å². The number of nitrogens with one attached hydrogen (secondary N) is 1. The van der Waals surface area contributed by atoms with Crippen LogP contribution in [0, 0.1) is 11.3 Å². The van der Waals surface area contributed by atoms with Crippen LogP contribution in [0.3, 0.4) is 0 Å². The first kappa shape index (κ1) is 15.4. The van der Waals surface area contributed by atoms with Crippen LogP contribution in [0.25, 0.3) is 0 Å². The van der Waals surface area contributed by atoms with Gasteiger partial charge in [-0.1, -0.05) is 40.5 Å². The molecule has 0 aliphatic carbocycles. The molecule has 0 amide bonds. The summed E-state index contributed by atoms with van der Waals surface area (Å²) >= 11 is 2.11. The maximum atomic E-state index is 3.86. The lowest BCUT2D eigenvalue weighted by Gasteiger charge is -2.40. The van der Waals surface area contributed by atoms with Gasteiger partial charge in [0.1, 0.15) is 0 Å². The Labute approximate surface area is 113 Å². The molecule has 2 unspecified atom stereocenters. The average molecular weight is 257 g/mol. The summed E-state index contributed by atoms with van der Waals surface area (Å²) in [5, 5.41) is 3.86. The highest BCUT2D eigenvalue weighted by molar-refractivity contribution is 7.99. The molecule has 1 rings (SSSR count). The molecule has 1 fully saturated rings. The molecule has 0 saturated carbocycles. The van der Waals surface area contributed by atoms with Gasteiger partial charge >= 0.3 is 0 Å². The lowest BCUT2D eigenvalue weighted by molar-refractivity contribution is 0.226. The monoisotopic (exact) mass is 257 g/mol. The molecule has 1 heterocycles. The van der Waals surface area contributed by atoms with Gasteiger partial charge in [-0.05, 0) is 36.9 Å². The molecule has 1 N–H and O–H groups in total. The predicted octanol–water partition coefficient (Wildman–Crippen LogP) is 4.32. The highest BCUT2D eigenvalue weighted by Crippen LogP contribution is 2.34. The van der Waals surface area contributed by atoms with Crippen molar-refractivity contribution in [1.82, 2.24) is 5.32 Å². The Morgan fingerprint density at radius 2 is 1.94 bits per heavy atom. The van der Waals surface area contributed by atoms with Gasteiger partial charge in [0, 0.05) is 17.8 Å². The Bertz CT molecular complexity index is 213. The van der Waals surface area contributed by atoms with E-state index in [1.165, 1.54) is 37.2 Å². The lowest BCUT2D eigenvalue weighted by atomic mass is 9.82. The minimum Gasteiger partial charge on any atom is -0.310 e. The van der Waals surface area contributed by atoms with E-state index in [-0.39, 0.29) is 0 Å². The van der Waals surface area contributed by atoms with Gasteiger partial charge in [0.15, 0.2) is 0 Å². The summed E-state index contributed by atoms with van der Waals surface area (Å²) in [4.78, 5) is 0. The van der Waals surface area contributed by atoms with E-state index in [9.17, 15) is 0 Å². The maximum Gasteiger partial charge on any atom is 0.0212 e. The lowest BCUT2D eigenvalue weighted by Crippen LogP contribution is -2.49. The Hall–Kier alpha value is 0.310. The molecule has 0 aromatic carbocycles. The fourth-order valence-corrected chi connectivity index (χ4v) is 4.09. The first-order valence-corrected chi connectivity index (χ1v) is 8.41. The Kier molecular flexibility index (Phi) is 6.36. The van der Waals surface area contributed by atoms with Gasteiger partial charge < -0.3 is 5.32 Å². The molecule has 0 radical (unpaired) electrons. The van der Waals surface area contributed by atoms with Gasteiger partial charge in [-0.2, -0.15) is 11.8 Å². The number of thioether (sulfide) groups is 1. The van der Waals surface area contributed by atoms with E-state index in [0.717, 1.165) is 5.92 Å². The second kappa shape index (κ2) is 7.04. The predicted molar refractivity (Wildman–Crippen MR) is 80.8 cm³/mol. The molecule has 1 nitrogen and oxygen atoms in total. The molecule has 0 aromatic heterocycles. The molecular formula is C15H31NS. The third-order valence-corrected chi connectivity index (χ3v) is 5.08. The molecule has 17 heavy (non-hydrogen) atoms. The summed E-state index contributed by atoms with van der Waals surface area (Å²) in [6, 6.07) is 1.38. The Morgan fingerprint density at radius 3 is 2.53 bits per heavy atom. The van der Waals surface area contributed by atoms with Crippen molar-refractivity contribution in [3.05, 3.63) is 0 Å². The van der Waals surface area contributed by atoms with Crippen molar-refractivity contribution in [2.75, 3.05) is 11.5 Å². The highest BCUT2D eigenvalue weighted by Gasteiger charge is 2.32. The van der Waals surface area contributed by atoms with Crippen molar-refractivity contribution < 1.29 is 0 Å². The van der Waals surface area contributed by atoms with Crippen LogP contribution in [-0.4, -0.2) is 23.6 Å². The van der Waals surface area contributed by atoms with Gasteiger partial charge in [0.25, 0.3) is 0 Å². The van der Waals surface area contributed by atoms with Gasteiger partial charge in [-0.3, -0.25) is 0 Å². The van der Waals surface area contributed by atoms with Crippen LogP contribution in [0.4, 0.5) is 0 Å². The zero-order valence-corrected chi connectivity index (χ0v) is 13.2. The van der Waals surface area contributed by atoms with Crippen LogP contribution in [0.15, 0.2) is 0 Å². The topological polar surface area (TPSA) is 12.0 Å². The summed E-state index contributed by atoms with van der Waals surface area (Å²) in [6.07, 6.45) is 5.42. The Balaban J connectivity index is 2.27. The van der Waals surface area contributed by atoms with Crippen molar-refractivity contribution in [1.29, 1.82) is 0 Å². The average Bonchev–Trinajstić information content (AvgIpc) is 2.20. The van der Waals surface area contributed by atoms with E-state index in [2.05, 4.69) is 51.7 Å². The molecule has 1 saturated heterocycles. The largest absolute Gasteiger partial charge is 0.310 e. The second-order valence-corrected chi connectivity index (χ2v) is 7.91. The summed E-state index contributed by atoms with van der Waals surface area (Å²) in [6.45, 7) is 11.8. The normalized spacial score (nSPS) is 26.1. The smallest absolute Gasteiger partial charge is 0.0212 e.